The van der Waals surface area contributed by atoms with Gasteiger partial charge in [-0.05, 0) is 40.0 Å². The summed E-state index contributed by atoms with van der Waals surface area (Å²) in [7, 11) is -3.37. The van der Waals surface area contributed by atoms with Gasteiger partial charge in [-0.3, -0.25) is 4.79 Å². The summed E-state index contributed by atoms with van der Waals surface area (Å²) in [4.78, 5) is 12.3. The second kappa shape index (κ2) is 6.41. The number of sulfonamides is 1. The van der Waals surface area contributed by atoms with E-state index in [1.54, 1.807) is 27.7 Å². The number of amides is 1. The van der Waals surface area contributed by atoms with Gasteiger partial charge in [0.15, 0.2) is 0 Å². The first-order chi connectivity index (χ1) is 9.12. The monoisotopic (exact) mass is 306 g/mol. The molecule has 20 heavy (non-hydrogen) atoms. The van der Waals surface area contributed by atoms with E-state index in [2.05, 4.69) is 5.32 Å². The van der Waals surface area contributed by atoms with Gasteiger partial charge >= 0.3 is 0 Å². The van der Waals surface area contributed by atoms with Crippen LogP contribution in [0.1, 0.15) is 47.0 Å². The molecule has 0 bridgehead atoms. The van der Waals surface area contributed by atoms with Gasteiger partial charge in [0.1, 0.15) is 6.04 Å². The van der Waals surface area contributed by atoms with Crippen molar-refractivity contribution in [2.75, 3.05) is 12.3 Å². The molecule has 0 radical (unpaired) electrons. The minimum atomic E-state index is -3.37. The Bertz CT molecular complexity index is 445. The molecule has 0 aromatic carbocycles. The van der Waals surface area contributed by atoms with Gasteiger partial charge in [-0.2, -0.15) is 4.31 Å². The third kappa shape index (κ3) is 3.93. The summed E-state index contributed by atoms with van der Waals surface area (Å²) in [6.07, 6.45) is 1.04. The fraction of sp³-hybridized carbons (Fsp3) is 0.923. The highest BCUT2D eigenvalue weighted by molar-refractivity contribution is 7.89. The van der Waals surface area contributed by atoms with Crippen LogP contribution in [0.3, 0.4) is 0 Å². The molecule has 1 aliphatic heterocycles. The SMILES string of the molecule is CCCS(=O)(=O)N1CCCC1C(=O)NC(C)(C)C(C)O. The number of hydrogen-bond donors (Lipinski definition) is 2. The number of carbonyl (C=O) groups excluding carboxylic acids is 1. The maximum Gasteiger partial charge on any atom is 0.238 e. The normalized spacial score (nSPS) is 22.8. The van der Waals surface area contributed by atoms with Crippen molar-refractivity contribution in [3.05, 3.63) is 0 Å². The van der Waals surface area contributed by atoms with E-state index in [4.69, 9.17) is 0 Å². The lowest BCUT2D eigenvalue weighted by Gasteiger charge is -2.32. The summed E-state index contributed by atoms with van der Waals surface area (Å²) < 4.78 is 25.6. The molecule has 7 heteroatoms. The molecule has 2 atom stereocenters. The van der Waals surface area contributed by atoms with Crippen LogP contribution < -0.4 is 5.32 Å². The largest absolute Gasteiger partial charge is 0.391 e. The lowest BCUT2D eigenvalue weighted by molar-refractivity contribution is -0.127. The molecular formula is C13H26N2O4S. The van der Waals surface area contributed by atoms with Crippen LogP contribution in [0.4, 0.5) is 0 Å². The van der Waals surface area contributed by atoms with Crippen molar-refractivity contribution >= 4 is 15.9 Å². The molecular weight excluding hydrogens is 280 g/mol. The molecule has 1 heterocycles. The Morgan fingerprint density at radius 3 is 2.60 bits per heavy atom. The third-order valence-electron chi connectivity index (χ3n) is 3.82. The molecule has 6 nitrogen and oxygen atoms in total. The Hall–Kier alpha value is -0.660. The first kappa shape index (κ1) is 17.4. The number of nitrogens with one attached hydrogen (secondary N) is 1. The number of aliphatic hydroxyl groups is 1. The number of rotatable bonds is 6. The molecule has 1 fully saturated rings. The van der Waals surface area contributed by atoms with Crippen molar-refractivity contribution in [3.8, 4) is 0 Å². The van der Waals surface area contributed by atoms with Crippen LogP contribution in [-0.2, 0) is 14.8 Å². The van der Waals surface area contributed by atoms with Gasteiger partial charge in [0.2, 0.25) is 15.9 Å². The standard InChI is InChI=1S/C13H26N2O4S/c1-5-9-20(18,19)15-8-6-7-11(15)12(17)14-13(3,4)10(2)16/h10-11,16H,5-9H2,1-4H3,(H,14,17). The number of hydrogen-bond acceptors (Lipinski definition) is 4. The number of nitrogens with zero attached hydrogens (tertiary/aromatic N) is 1. The minimum absolute atomic E-state index is 0.0660. The van der Waals surface area contributed by atoms with Gasteiger partial charge in [0, 0.05) is 6.54 Å². The molecule has 0 aromatic rings. The molecule has 0 spiro atoms. The van der Waals surface area contributed by atoms with E-state index in [1.807, 2.05) is 0 Å². The Morgan fingerprint density at radius 2 is 2.10 bits per heavy atom. The molecule has 2 N–H and O–H groups in total. The summed E-state index contributed by atoms with van der Waals surface area (Å²) in [5.41, 5.74) is -0.778. The van der Waals surface area contributed by atoms with Crippen molar-refractivity contribution < 1.29 is 18.3 Å². The Balaban J connectivity index is 2.82. The van der Waals surface area contributed by atoms with Crippen molar-refractivity contribution in [2.24, 2.45) is 0 Å². The Kier molecular flexibility index (Phi) is 5.57. The molecule has 0 aliphatic carbocycles. The smallest absolute Gasteiger partial charge is 0.238 e. The second-order valence-corrected chi connectivity index (χ2v) is 8.01. The van der Waals surface area contributed by atoms with Crippen LogP contribution in [0.5, 0.6) is 0 Å². The predicted molar refractivity (Wildman–Crippen MR) is 77.7 cm³/mol. The van der Waals surface area contributed by atoms with Crippen LogP contribution in [0.15, 0.2) is 0 Å². The molecule has 1 aliphatic rings. The van der Waals surface area contributed by atoms with Gasteiger partial charge in [-0.1, -0.05) is 6.92 Å². The number of carbonyl (C=O) groups is 1. The molecule has 1 saturated heterocycles. The van der Waals surface area contributed by atoms with E-state index >= 15 is 0 Å². The summed E-state index contributed by atoms with van der Waals surface area (Å²) in [5, 5.41) is 12.4. The van der Waals surface area contributed by atoms with Crippen LogP contribution in [-0.4, -0.2) is 53.7 Å². The molecule has 1 amide bonds. The Morgan fingerprint density at radius 1 is 1.50 bits per heavy atom. The molecule has 0 aromatic heterocycles. The predicted octanol–water partition coefficient (Wildman–Crippen LogP) is 0.466. The summed E-state index contributed by atoms with van der Waals surface area (Å²) >= 11 is 0. The molecule has 0 saturated carbocycles. The second-order valence-electron chi connectivity index (χ2n) is 5.97. The van der Waals surface area contributed by atoms with Gasteiger partial charge in [-0.25, -0.2) is 8.42 Å². The van der Waals surface area contributed by atoms with E-state index in [1.165, 1.54) is 4.31 Å². The van der Waals surface area contributed by atoms with Crippen molar-refractivity contribution in [2.45, 2.75) is 64.6 Å². The van der Waals surface area contributed by atoms with Gasteiger partial charge in [0.05, 0.1) is 17.4 Å². The first-order valence-electron chi connectivity index (χ1n) is 7.11. The van der Waals surface area contributed by atoms with Crippen LogP contribution in [0.25, 0.3) is 0 Å². The van der Waals surface area contributed by atoms with Gasteiger partial charge < -0.3 is 10.4 Å². The topological polar surface area (TPSA) is 86.7 Å². The van der Waals surface area contributed by atoms with Crippen molar-refractivity contribution in [1.82, 2.24) is 9.62 Å². The zero-order valence-electron chi connectivity index (χ0n) is 12.7. The highest BCUT2D eigenvalue weighted by Crippen LogP contribution is 2.23. The lowest BCUT2D eigenvalue weighted by atomic mass is 9.98. The average Bonchev–Trinajstić information content (AvgIpc) is 2.77. The summed E-state index contributed by atoms with van der Waals surface area (Å²) in [6.45, 7) is 7.24. The average molecular weight is 306 g/mol. The van der Waals surface area contributed by atoms with E-state index in [0.29, 0.717) is 25.8 Å². The van der Waals surface area contributed by atoms with E-state index in [9.17, 15) is 18.3 Å². The zero-order valence-corrected chi connectivity index (χ0v) is 13.5. The highest BCUT2D eigenvalue weighted by Gasteiger charge is 2.40. The third-order valence-corrected chi connectivity index (χ3v) is 5.89. The van der Waals surface area contributed by atoms with Gasteiger partial charge in [-0.15, -0.1) is 0 Å². The van der Waals surface area contributed by atoms with Crippen LogP contribution >= 0.6 is 0 Å². The Labute approximate surface area is 121 Å². The highest BCUT2D eigenvalue weighted by atomic mass is 32.2. The maximum absolute atomic E-state index is 12.3. The fourth-order valence-electron chi connectivity index (χ4n) is 2.22. The molecule has 118 valence electrons. The molecule has 1 rings (SSSR count). The van der Waals surface area contributed by atoms with E-state index < -0.39 is 27.7 Å². The summed E-state index contributed by atoms with van der Waals surface area (Å²) in [5.74, 6) is -0.260. The number of aliphatic hydroxyl groups excluding tert-OH is 1. The van der Waals surface area contributed by atoms with E-state index in [-0.39, 0.29) is 11.7 Å². The molecule has 2 unspecified atom stereocenters. The minimum Gasteiger partial charge on any atom is -0.391 e. The van der Waals surface area contributed by atoms with Crippen molar-refractivity contribution in [3.63, 3.8) is 0 Å². The van der Waals surface area contributed by atoms with Crippen LogP contribution in [0, 0.1) is 0 Å². The summed E-state index contributed by atoms with van der Waals surface area (Å²) in [6, 6.07) is -0.649. The van der Waals surface area contributed by atoms with Crippen LogP contribution in [0.2, 0.25) is 0 Å². The maximum atomic E-state index is 12.3. The zero-order chi connectivity index (χ0) is 15.6. The van der Waals surface area contributed by atoms with Gasteiger partial charge in [0.25, 0.3) is 0 Å². The first-order valence-corrected chi connectivity index (χ1v) is 8.72. The van der Waals surface area contributed by atoms with E-state index in [0.717, 1.165) is 0 Å². The fourth-order valence-corrected chi connectivity index (χ4v) is 3.96. The lowest BCUT2D eigenvalue weighted by Crippen LogP contribution is -2.56. The quantitative estimate of drug-likeness (QED) is 0.746. The van der Waals surface area contributed by atoms with Crippen molar-refractivity contribution in [1.29, 1.82) is 0 Å².